The topological polar surface area (TPSA) is 84.6 Å². The van der Waals surface area contributed by atoms with E-state index in [1.54, 1.807) is 63.6 Å². The molecule has 0 aliphatic rings. The van der Waals surface area contributed by atoms with Gasteiger partial charge >= 0.3 is 6.09 Å². The molecule has 2 aromatic heterocycles. The van der Waals surface area contributed by atoms with E-state index in [0.717, 1.165) is 10.3 Å². The second-order valence-electron chi connectivity index (χ2n) is 8.06. The Kier molecular flexibility index (Phi) is 6.19. The van der Waals surface area contributed by atoms with E-state index in [1.807, 2.05) is 11.5 Å². The lowest BCUT2D eigenvalue weighted by molar-refractivity contribution is 0.0525. The van der Waals surface area contributed by atoms with E-state index in [4.69, 9.17) is 14.2 Å². The number of aryl methyl sites for hydroxylation is 1. The van der Waals surface area contributed by atoms with Crippen LogP contribution in [0.15, 0.2) is 47.7 Å². The van der Waals surface area contributed by atoms with Crippen molar-refractivity contribution in [2.24, 2.45) is 0 Å². The highest BCUT2D eigenvalue weighted by atomic mass is 16.6. The van der Waals surface area contributed by atoms with Gasteiger partial charge in [0.1, 0.15) is 5.60 Å². The molecule has 0 atom stereocenters. The summed E-state index contributed by atoms with van der Waals surface area (Å²) >= 11 is 0. The number of para-hydroxylation sites is 1. The van der Waals surface area contributed by atoms with Gasteiger partial charge in [0, 0.05) is 17.5 Å². The highest BCUT2D eigenvalue weighted by molar-refractivity contribution is 5.77. The zero-order chi connectivity index (χ0) is 22.8. The number of aromatic nitrogens is 3. The van der Waals surface area contributed by atoms with E-state index in [2.05, 4.69) is 4.98 Å². The van der Waals surface area contributed by atoms with E-state index < -0.39 is 17.3 Å². The molecule has 0 N–H and O–H groups in total. The number of rotatable bonds is 5. The van der Waals surface area contributed by atoms with E-state index in [0.29, 0.717) is 28.3 Å². The second-order valence-corrected chi connectivity index (χ2v) is 8.06. The second kappa shape index (κ2) is 8.67. The number of hydrogen-bond acceptors (Lipinski definition) is 6. The van der Waals surface area contributed by atoms with Gasteiger partial charge in [0.2, 0.25) is 0 Å². The molecular weight excluding hydrogens is 398 g/mol. The van der Waals surface area contributed by atoms with Crippen LogP contribution in [0.25, 0.3) is 11.1 Å². The molecule has 0 fully saturated rings. The molecule has 8 heteroatoms. The number of benzene rings is 1. The SMILES string of the molecule is COc1cccc(-c2ccc(Cn3cncc3C)n(C(=O)OC(C)(C)C)c2=O)c1OC. The van der Waals surface area contributed by atoms with Gasteiger partial charge in [-0.15, -0.1) is 0 Å². The quantitative estimate of drug-likeness (QED) is 0.617. The standard InChI is InChI=1S/C23H27N3O5/c1-15-12-24-14-25(15)13-16-10-11-18(17-8-7-9-19(29-5)20(17)30-6)21(27)26(16)22(28)31-23(2,3)4/h7-12,14H,13H2,1-6H3. The Morgan fingerprint density at radius 1 is 1.06 bits per heavy atom. The summed E-state index contributed by atoms with van der Waals surface area (Å²) in [6.07, 6.45) is 2.62. The van der Waals surface area contributed by atoms with Crippen molar-refractivity contribution in [1.82, 2.24) is 14.1 Å². The van der Waals surface area contributed by atoms with Crippen LogP contribution in [0, 0.1) is 6.92 Å². The van der Waals surface area contributed by atoms with Crippen molar-refractivity contribution in [2.75, 3.05) is 14.2 Å². The van der Waals surface area contributed by atoms with Crippen molar-refractivity contribution >= 4 is 6.09 Å². The summed E-state index contributed by atoms with van der Waals surface area (Å²) < 4.78 is 19.3. The monoisotopic (exact) mass is 425 g/mol. The van der Waals surface area contributed by atoms with Gasteiger partial charge in [0.15, 0.2) is 11.5 Å². The molecule has 0 spiro atoms. The summed E-state index contributed by atoms with van der Waals surface area (Å²) in [5.41, 5.74) is 0.938. The number of methoxy groups -OCH3 is 2. The zero-order valence-corrected chi connectivity index (χ0v) is 18.6. The Balaban J connectivity index is 2.21. The lowest BCUT2D eigenvalue weighted by Gasteiger charge is -2.22. The van der Waals surface area contributed by atoms with E-state index in [1.165, 1.54) is 14.2 Å². The molecule has 164 valence electrons. The highest BCUT2D eigenvalue weighted by Crippen LogP contribution is 2.36. The fourth-order valence-electron chi connectivity index (χ4n) is 3.24. The highest BCUT2D eigenvalue weighted by Gasteiger charge is 2.24. The molecule has 0 bridgehead atoms. The van der Waals surface area contributed by atoms with Crippen LogP contribution in [-0.2, 0) is 11.3 Å². The van der Waals surface area contributed by atoms with E-state index in [9.17, 15) is 9.59 Å². The van der Waals surface area contributed by atoms with Gasteiger partial charge in [0.05, 0.1) is 38.3 Å². The predicted molar refractivity (Wildman–Crippen MR) is 117 cm³/mol. The van der Waals surface area contributed by atoms with Gasteiger partial charge in [-0.2, -0.15) is 0 Å². The van der Waals surface area contributed by atoms with Crippen LogP contribution in [-0.4, -0.2) is 40.0 Å². The Morgan fingerprint density at radius 3 is 2.39 bits per heavy atom. The fraction of sp³-hybridized carbons (Fsp3) is 0.348. The zero-order valence-electron chi connectivity index (χ0n) is 18.6. The minimum Gasteiger partial charge on any atom is -0.493 e. The first-order valence-corrected chi connectivity index (χ1v) is 9.82. The molecule has 2 heterocycles. The number of ether oxygens (including phenoxy) is 3. The first kappa shape index (κ1) is 22.1. The third-order valence-corrected chi connectivity index (χ3v) is 4.69. The van der Waals surface area contributed by atoms with Gasteiger partial charge in [-0.1, -0.05) is 12.1 Å². The minimum absolute atomic E-state index is 0.288. The van der Waals surface area contributed by atoms with Gasteiger partial charge in [-0.05, 0) is 45.9 Å². The lowest BCUT2D eigenvalue weighted by Crippen LogP contribution is -2.36. The fourth-order valence-corrected chi connectivity index (χ4v) is 3.24. The summed E-state index contributed by atoms with van der Waals surface area (Å²) in [6, 6.07) is 8.67. The number of pyridine rings is 1. The van der Waals surface area contributed by atoms with Crippen LogP contribution in [0.5, 0.6) is 11.5 Å². The largest absolute Gasteiger partial charge is 0.493 e. The van der Waals surface area contributed by atoms with Crippen molar-refractivity contribution in [3.05, 3.63) is 64.6 Å². The Hall–Kier alpha value is -3.55. The smallest absolute Gasteiger partial charge is 0.421 e. The van der Waals surface area contributed by atoms with Gasteiger partial charge in [-0.3, -0.25) is 4.79 Å². The molecule has 0 unspecified atom stereocenters. The van der Waals surface area contributed by atoms with E-state index >= 15 is 0 Å². The van der Waals surface area contributed by atoms with E-state index in [-0.39, 0.29) is 6.54 Å². The van der Waals surface area contributed by atoms with Crippen molar-refractivity contribution in [2.45, 2.75) is 39.8 Å². The molecule has 1 aromatic carbocycles. The van der Waals surface area contributed by atoms with Gasteiger partial charge in [0.25, 0.3) is 5.56 Å². The molecule has 8 nitrogen and oxygen atoms in total. The lowest BCUT2D eigenvalue weighted by atomic mass is 10.0. The third kappa shape index (κ3) is 4.63. The first-order valence-electron chi connectivity index (χ1n) is 9.82. The molecule has 3 aromatic rings. The molecule has 0 aliphatic carbocycles. The average molecular weight is 425 g/mol. The Morgan fingerprint density at radius 2 is 1.81 bits per heavy atom. The summed E-state index contributed by atoms with van der Waals surface area (Å²) in [5.74, 6) is 0.900. The summed E-state index contributed by atoms with van der Waals surface area (Å²) in [6.45, 7) is 7.45. The number of carbonyl (C=O) groups is 1. The average Bonchev–Trinajstić information content (AvgIpc) is 3.10. The first-order chi connectivity index (χ1) is 14.7. The van der Waals surface area contributed by atoms with Crippen molar-refractivity contribution < 1.29 is 19.0 Å². The van der Waals surface area contributed by atoms with Crippen molar-refractivity contribution in [1.29, 1.82) is 0 Å². The molecule has 0 saturated heterocycles. The molecule has 3 rings (SSSR count). The van der Waals surface area contributed by atoms with Crippen LogP contribution >= 0.6 is 0 Å². The maximum absolute atomic E-state index is 13.5. The molecule has 0 saturated carbocycles. The number of nitrogens with zero attached hydrogens (tertiary/aromatic N) is 3. The Bertz CT molecular complexity index is 1150. The van der Waals surface area contributed by atoms with Crippen LogP contribution in [0.4, 0.5) is 4.79 Å². The minimum atomic E-state index is -0.762. The van der Waals surface area contributed by atoms with Crippen LogP contribution in [0.2, 0.25) is 0 Å². The number of carbonyl (C=O) groups excluding carboxylic acids is 1. The Labute approximate surface area is 181 Å². The van der Waals surface area contributed by atoms with Crippen LogP contribution in [0.3, 0.4) is 0 Å². The molecule has 31 heavy (non-hydrogen) atoms. The van der Waals surface area contributed by atoms with Crippen LogP contribution in [0.1, 0.15) is 32.2 Å². The number of imidazole rings is 1. The van der Waals surface area contributed by atoms with Gasteiger partial charge in [-0.25, -0.2) is 14.3 Å². The summed E-state index contributed by atoms with van der Waals surface area (Å²) in [7, 11) is 3.03. The maximum atomic E-state index is 13.5. The molecular formula is C23H27N3O5. The normalized spacial score (nSPS) is 11.3. The molecule has 0 aliphatic heterocycles. The summed E-state index contributed by atoms with van der Waals surface area (Å²) in [5, 5.41) is 0. The van der Waals surface area contributed by atoms with Crippen molar-refractivity contribution in [3.8, 4) is 22.6 Å². The maximum Gasteiger partial charge on any atom is 0.421 e. The predicted octanol–water partition coefficient (Wildman–Crippen LogP) is 3.87. The van der Waals surface area contributed by atoms with Gasteiger partial charge < -0.3 is 18.8 Å². The summed E-state index contributed by atoms with van der Waals surface area (Å²) in [4.78, 5) is 30.7. The number of hydrogen-bond donors (Lipinski definition) is 0. The third-order valence-electron chi connectivity index (χ3n) is 4.69. The molecule has 0 radical (unpaired) electrons. The van der Waals surface area contributed by atoms with Crippen LogP contribution < -0.4 is 15.0 Å². The molecule has 0 amide bonds. The van der Waals surface area contributed by atoms with Crippen molar-refractivity contribution in [3.63, 3.8) is 0 Å².